The van der Waals surface area contributed by atoms with E-state index in [1.807, 2.05) is 44.2 Å². The highest BCUT2D eigenvalue weighted by Gasteiger charge is 2.26. The van der Waals surface area contributed by atoms with E-state index < -0.39 is 5.54 Å². The van der Waals surface area contributed by atoms with Gasteiger partial charge in [0, 0.05) is 0 Å². The molecule has 0 aliphatic rings. The van der Waals surface area contributed by atoms with Crippen LogP contribution in [-0.4, -0.2) is 11.4 Å². The van der Waals surface area contributed by atoms with Gasteiger partial charge >= 0.3 is 0 Å². The van der Waals surface area contributed by atoms with E-state index in [-0.39, 0.29) is 11.9 Å². The second-order valence-corrected chi connectivity index (χ2v) is 4.38. The van der Waals surface area contributed by atoms with Gasteiger partial charge in [-0.3, -0.25) is 4.79 Å². The Kier molecular flexibility index (Phi) is 4.07. The van der Waals surface area contributed by atoms with Crippen LogP contribution in [0.25, 0.3) is 0 Å². The standard InChI is InChI=1S/C13H20N2O/c1-4-13(3,14)12(16)15-10(2)11-8-6-5-7-9-11/h5-10H,4,14H2,1-3H3,(H,15,16). The molecule has 3 heteroatoms. The quantitative estimate of drug-likeness (QED) is 0.815. The molecular formula is C13H20N2O. The van der Waals surface area contributed by atoms with E-state index in [0.717, 1.165) is 5.56 Å². The maximum atomic E-state index is 11.8. The highest BCUT2D eigenvalue weighted by atomic mass is 16.2. The van der Waals surface area contributed by atoms with Gasteiger partial charge in [0.1, 0.15) is 0 Å². The Morgan fingerprint density at radius 2 is 2.00 bits per heavy atom. The number of hydrogen-bond acceptors (Lipinski definition) is 2. The first kappa shape index (κ1) is 12.7. The molecule has 16 heavy (non-hydrogen) atoms. The molecule has 1 amide bonds. The number of amides is 1. The van der Waals surface area contributed by atoms with E-state index in [1.165, 1.54) is 0 Å². The molecule has 88 valence electrons. The lowest BCUT2D eigenvalue weighted by Gasteiger charge is -2.24. The lowest BCUT2D eigenvalue weighted by Crippen LogP contribution is -2.51. The number of rotatable bonds is 4. The van der Waals surface area contributed by atoms with E-state index in [2.05, 4.69) is 5.32 Å². The van der Waals surface area contributed by atoms with Crippen molar-refractivity contribution in [2.24, 2.45) is 5.73 Å². The summed E-state index contributed by atoms with van der Waals surface area (Å²) in [6, 6.07) is 9.84. The monoisotopic (exact) mass is 220 g/mol. The Balaban J connectivity index is 2.66. The third-order valence-electron chi connectivity index (χ3n) is 2.90. The normalized spacial score (nSPS) is 16.2. The largest absolute Gasteiger partial charge is 0.348 e. The number of benzene rings is 1. The van der Waals surface area contributed by atoms with Gasteiger partial charge in [-0.05, 0) is 25.8 Å². The van der Waals surface area contributed by atoms with Gasteiger partial charge in [0.2, 0.25) is 5.91 Å². The molecule has 0 aliphatic heterocycles. The van der Waals surface area contributed by atoms with Crippen molar-refractivity contribution < 1.29 is 4.79 Å². The fourth-order valence-corrected chi connectivity index (χ4v) is 1.35. The topological polar surface area (TPSA) is 55.1 Å². The highest BCUT2D eigenvalue weighted by Crippen LogP contribution is 2.13. The number of carbonyl (C=O) groups excluding carboxylic acids is 1. The summed E-state index contributed by atoms with van der Waals surface area (Å²) in [7, 11) is 0. The molecule has 0 aromatic heterocycles. The molecule has 0 bridgehead atoms. The maximum Gasteiger partial charge on any atom is 0.240 e. The predicted molar refractivity (Wildman–Crippen MR) is 65.9 cm³/mol. The van der Waals surface area contributed by atoms with Crippen LogP contribution in [0.5, 0.6) is 0 Å². The van der Waals surface area contributed by atoms with E-state index in [0.29, 0.717) is 6.42 Å². The molecule has 2 unspecified atom stereocenters. The van der Waals surface area contributed by atoms with Gasteiger partial charge < -0.3 is 11.1 Å². The summed E-state index contributed by atoms with van der Waals surface area (Å²) in [5, 5.41) is 2.92. The molecule has 0 fully saturated rings. The summed E-state index contributed by atoms with van der Waals surface area (Å²) in [6.45, 7) is 5.62. The van der Waals surface area contributed by atoms with Crippen molar-refractivity contribution in [2.45, 2.75) is 38.8 Å². The van der Waals surface area contributed by atoms with Crippen molar-refractivity contribution in [1.82, 2.24) is 5.32 Å². The Morgan fingerprint density at radius 3 is 2.50 bits per heavy atom. The Hall–Kier alpha value is -1.35. The van der Waals surface area contributed by atoms with E-state index in [4.69, 9.17) is 5.73 Å². The fraction of sp³-hybridized carbons (Fsp3) is 0.462. The zero-order valence-corrected chi connectivity index (χ0v) is 10.2. The van der Waals surface area contributed by atoms with Crippen molar-refractivity contribution in [3.8, 4) is 0 Å². The molecule has 1 aromatic carbocycles. The minimum absolute atomic E-state index is 0.0110. The van der Waals surface area contributed by atoms with Crippen LogP contribution in [0, 0.1) is 0 Å². The van der Waals surface area contributed by atoms with Crippen LogP contribution in [0.1, 0.15) is 38.8 Å². The molecule has 0 radical (unpaired) electrons. The lowest BCUT2D eigenvalue weighted by molar-refractivity contribution is -0.126. The van der Waals surface area contributed by atoms with Crippen molar-refractivity contribution in [1.29, 1.82) is 0 Å². The summed E-state index contributed by atoms with van der Waals surface area (Å²) in [5.74, 6) is -0.105. The lowest BCUT2D eigenvalue weighted by atomic mass is 9.98. The molecule has 2 atom stereocenters. The average molecular weight is 220 g/mol. The smallest absolute Gasteiger partial charge is 0.240 e. The predicted octanol–water partition coefficient (Wildman–Crippen LogP) is 1.99. The molecule has 1 rings (SSSR count). The third kappa shape index (κ3) is 3.07. The third-order valence-corrected chi connectivity index (χ3v) is 2.90. The highest BCUT2D eigenvalue weighted by molar-refractivity contribution is 5.85. The first-order valence-electron chi connectivity index (χ1n) is 5.62. The zero-order chi connectivity index (χ0) is 12.2. The van der Waals surface area contributed by atoms with Crippen LogP contribution < -0.4 is 11.1 Å². The van der Waals surface area contributed by atoms with Crippen LogP contribution in [0.2, 0.25) is 0 Å². The van der Waals surface area contributed by atoms with Crippen molar-refractivity contribution in [2.75, 3.05) is 0 Å². The molecule has 3 N–H and O–H groups in total. The van der Waals surface area contributed by atoms with Gasteiger partial charge in [-0.1, -0.05) is 37.3 Å². The molecule has 0 saturated heterocycles. The van der Waals surface area contributed by atoms with Crippen LogP contribution in [0.3, 0.4) is 0 Å². The second-order valence-electron chi connectivity index (χ2n) is 4.38. The molecular weight excluding hydrogens is 200 g/mol. The van der Waals surface area contributed by atoms with Gasteiger partial charge in [0.05, 0.1) is 11.6 Å². The zero-order valence-electron chi connectivity index (χ0n) is 10.2. The van der Waals surface area contributed by atoms with Gasteiger partial charge in [-0.15, -0.1) is 0 Å². The summed E-state index contributed by atoms with van der Waals surface area (Å²) >= 11 is 0. The van der Waals surface area contributed by atoms with Crippen LogP contribution in [0.4, 0.5) is 0 Å². The maximum absolute atomic E-state index is 11.8. The van der Waals surface area contributed by atoms with Crippen molar-refractivity contribution in [3.63, 3.8) is 0 Å². The van der Waals surface area contributed by atoms with E-state index in [1.54, 1.807) is 6.92 Å². The number of carbonyl (C=O) groups is 1. The first-order valence-corrected chi connectivity index (χ1v) is 5.62. The second kappa shape index (κ2) is 5.12. The summed E-state index contributed by atoms with van der Waals surface area (Å²) in [6.07, 6.45) is 0.625. The number of nitrogens with one attached hydrogen (secondary N) is 1. The van der Waals surface area contributed by atoms with Crippen LogP contribution in [-0.2, 0) is 4.79 Å². The van der Waals surface area contributed by atoms with Gasteiger partial charge in [0.15, 0.2) is 0 Å². The molecule has 1 aromatic rings. The van der Waals surface area contributed by atoms with Crippen molar-refractivity contribution in [3.05, 3.63) is 35.9 Å². The molecule has 0 aliphatic carbocycles. The summed E-state index contributed by atoms with van der Waals surface area (Å²) in [5.41, 5.74) is 6.17. The molecule has 0 heterocycles. The average Bonchev–Trinajstić information content (AvgIpc) is 2.30. The summed E-state index contributed by atoms with van der Waals surface area (Å²) < 4.78 is 0. The molecule has 3 nitrogen and oxygen atoms in total. The van der Waals surface area contributed by atoms with Crippen LogP contribution >= 0.6 is 0 Å². The Bertz CT molecular complexity index is 346. The number of nitrogens with two attached hydrogens (primary N) is 1. The van der Waals surface area contributed by atoms with Gasteiger partial charge in [0.25, 0.3) is 0 Å². The van der Waals surface area contributed by atoms with Crippen LogP contribution in [0.15, 0.2) is 30.3 Å². The Labute approximate surface area is 97.0 Å². The van der Waals surface area contributed by atoms with E-state index in [9.17, 15) is 4.79 Å². The van der Waals surface area contributed by atoms with Gasteiger partial charge in [-0.2, -0.15) is 0 Å². The fourth-order valence-electron chi connectivity index (χ4n) is 1.35. The van der Waals surface area contributed by atoms with Gasteiger partial charge in [-0.25, -0.2) is 0 Å². The Morgan fingerprint density at radius 1 is 1.44 bits per heavy atom. The molecule has 0 spiro atoms. The minimum Gasteiger partial charge on any atom is -0.348 e. The summed E-state index contributed by atoms with van der Waals surface area (Å²) in [4.78, 5) is 11.8. The van der Waals surface area contributed by atoms with E-state index >= 15 is 0 Å². The SMILES string of the molecule is CCC(C)(N)C(=O)NC(C)c1ccccc1. The molecule has 0 saturated carbocycles. The van der Waals surface area contributed by atoms with Crippen molar-refractivity contribution >= 4 is 5.91 Å². The number of hydrogen-bond donors (Lipinski definition) is 2. The minimum atomic E-state index is -0.789. The first-order chi connectivity index (χ1) is 7.47.